The molecule has 166 valence electrons. The van der Waals surface area contributed by atoms with Crippen LogP contribution in [-0.2, 0) is 17.8 Å². The molecule has 10 heteroatoms. The normalized spacial score (nSPS) is 11.3. The van der Waals surface area contributed by atoms with Crippen molar-refractivity contribution in [2.45, 2.75) is 59.5 Å². The Morgan fingerprint density at radius 3 is 2.60 bits per heavy atom. The summed E-state index contributed by atoms with van der Waals surface area (Å²) in [6, 6.07) is 3.47. The molecule has 1 aromatic heterocycles. The molecule has 1 amide bonds. The highest BCUT2D eigenvalue weighted by molar-refractivity contribution is 7.71. The van der Waals surface area contributed by atoms with Crippen LogP contribution in [-0.4, -0.2) is 39.5 Å². The Labute approximate surface area is 187 Å². The van der Waals surface area contributed by atoms with Crippen LogP contribution in [0, 0.1) is 4.77 Å². The van der Waals surface area contributed by atoms with Crippen molar-refractivity contribution in [3.63, 3.8) is 0 Å². The Morgan fingerprint density at radius 1 is 1.27 bits per heavy atom. The lowest BCUT2D eigenvalue weighted by atomic mass is 10.1. The molecule has 1 heterocycles. The Morgan fingerprint density at radius 2 is 1.97 bits per heavy atom. The highest BCUT2D eigenvalue weighted by atomic mass is 35.5. The van der Waals surface area contributed by atoms with E-state index in [-0.39, 0.29) is 18.1 Å². The summed E-state index contributed by atoms with van der Waals surface area (Å²) in [5.74, 6) is 1.55. The lowest BCUT2D eigenvalue weighted by molar-refractivity contribution is -0.124. The minimum atomic E-state index is -0.332. The first-order chi connectivity index (χ1) is 14.1. The molecule has 0 fully saturated rings. The second-order valence-electron chi connectivity index (χ2n) is 7.78. The van der Waals surface area contributed by atoms with Gasteiger partial charge in [-0.15, -0.1) is 0 Å². The zero-order valence-electron chi connectivity index (χ0n) is 18.1. The first-order valence-corrected chi connectivity index (χ1v) is 10.7. The number of aromatic amines is 1. The zero-order chi connectivity index (χ0) is 22.3. The highest BCUT2D eigenvalue weighted by Gasteiger charge is 2.17. The number of halogens is 1. The molecular formula is C20H30ClN5O3S. The maximum atomic E-state index is 12.1. The number of nitrogens with zero attached hydrogens (tertiary/aromatic N) is 2. The third-order valence-corrected chi connectivity index (χ3v) is 4.55. The van der Waals surface area contributed by atoms with Crippen molar-refractivity contribution >= 4 is 29.7 Å². The van der Waals surface area contributed by atoms with Gasteiger partial charge in [0.15, 0.2) is 23.9 Å². The minimum Gasteiger partial charge on any atom is -0.490 e. The van der Waals surface area contributed by atoms with E-state index in [2.05, 4.69) is 27.9 Å². The van der Waals surface area contributed by atoms with Crippen LogP contribution < -0.4 is 20.2 Å². The molecule has 0 aliphatic heterocycles. The molecule has 3 N–H and O–H groups in total. The number of carbonyl (C=O) groups excluding carboxylic acids is 1. The number of benzene rings is 1. The maximum absolute atomic E-state index is 12.1. The monoisotopic (exact) mass is 455 g/mol. The van der Waals surface area contributed by atoms with Crippen LogP contribution in [0.25, 0.3) is 0 Å². The van der Waals surface area contributed by atoms with Crippen LogP contribution in [0.15, 0.2) is 12.1 Å². The summed E-state index contributed by atoms with van der Waals surface area (Å²) in [4.78, 5) is 12.1. The summed E-state index contributed by atoms with van der Waals surface area (Å²) in [7, 11) is 0. The molecule has 2 aromatic rings. The quantitative estimate of drug-likeness (QED) is 0.469. The fourth-order valence-corrected chi connectivity index (χ4v) is 3.18. The molecule has 30 heavy (non-hydrogen) atoms. The van der Waals surface area contributed by atoms with Gasteiger partial charge in [0.1, 0.15) is 0 Å². The third-order valence-electron chi connectivity index (χ3n) is 3.93. The van der Waals surface area contributed by atoms with E-state index in [4.69, 9.17) is 33.3 Å². The summed E-state index contributed by atoms with van der Waals surface area (Å²) >= 11 is 11.8. The van der Waals surface area contributed by atoms with Gasteiger partial charge in [-0.2, -0.15) is 5.10 Å². The maximum Gasteiger partial charge on any atom is 0.258 e. The summed E-state index contributed by atoms with van der Waals surface area (Å²) in [5, 5.41) is 10.4. The number of rotatable bonds is 10. The smallest absolute Gasteiger partial charge is 0.258 e. The van der Waals surface area contributed by atoms with E-state index in [0.29, 0.717) is 34.4 Å². The van der Waals surface area contributed by atoms with Crippen LogP contribution in [0.4, 0.5) is 0 Å². The van der Waals surface area contributed by atoms with Crippen molar-refractivity contribution in [2.75, 3.05) is 18.6 Å². The number of H-pyrrole nitrogens is 1. The van der Waals surface area contributed by atoms with Gasteiger partial charge >= 0.3 is 0 Å². The van der Waals surface area contributed by atoms with Gasteiger partial charge in [0.25, 0.3) is 5.91 Å². The van der Waals surface area contributed by atoms with Crippen molar-refractivity contribution in [1.82, 2.24) is 20.2 Å². The fraction of sp³-hybridized carbons (Fsp3) is 0.550. The molecule has 0 atom stereocenters. The van der Waals surface area contributed by atoms with Gasteiger partial charge in [-0.25, -0.2) is 4.68 Å². The summed E-state index contributed by atoms with van der Waals surface area (Å²) in [6.07, 6.45) is 1.74. The number of ether oxygens (including phenoxy) is 2. The van der Waals surface area contributed by atoms with E-state index in [0.717, 1.165) is 24.2 Å². The van der Waals surface area contributed by atoms with Gasteiger partial charge < -0.3 is 20.2 Å². The number of aryl methyl sites for hydroxylation is 1. The second kappa shape index (κ2) is 10.7. The summed E-state index contributed by atoms with van der Waals surface area (Å²) in [5.41, 5.74) is 3.71. The van der Waals surface area contributed by atoms with E-state index >= 15 is 0 Å². The van der Waals surface area contributed by atoms with Crippen LogP contribution >= 0.6 is 23.8 Å². The molecule has 0 spiro atoms. The molecule has 0 saturated heterocycles. The predicted octanol–water partition coefficient (Wildman–Crippen LogP) is 3.98. The SMILES string of the molecule is CCCc1n[nH]c(=S)n1NCc1cc(OCC)c(OCC(=O)NC(C)(C)C)cc1Cl. The Kier molecular flexibility index (Phi) is 8.54. The van der Waals surface area contributed by atoms with Gasteiger partial charge in [-0.05, 0) is 58.0 Å². The van der Waals surface area contributed by atoms with Crippen molar-refractivity contribution in [3.8, 4) is 11.5 Å². The summed E-state index contributed by atoms with van der Waals surface area (Å²) in [6.45, 7) is 10.4. The van der Waals surface area contributed by atoms with E-state index in [1.165, 1.54) is 0 Å². The lowest BCUT2D eigenvalue weighted by Gasteiger charge is -2.21. The summed E-state index contributed by atoms with van der Waals surface area (Å²) < 4.78 is 13.6. The predicted molar refractivity (Wildman–Crippen MR) is 120 cm³/mol. The molecule has 1 aromatic carbocycles. The van der Waals surface area contributed by atoms with Crippen LogP contribution in [0.3, 0.4) is 0 Å². The van der Waals surface area contributed by atoms with Gasteiger partial charge in [0, 0.05) is 23.0 Å². The van der Waals surface area contributed by atoms with E-state index in [1.54, 1.807) is 16.8 Å². The van der Waals surface area contributed by atoms with Gasteiger partial charge in [-0.1, -0.05) is 18.5 Å². The Balaban J connectivity index is 2.15. The van der Waals surface area contributed by atoms with Crippen molar-refractivity contribution in [1.29, 1.82) is 0 Å². The van der Waals surface area contributed by atoms with Crippen molar-refractivity contribution in [3.05, 3.63) is 33.3 Å². The number of carbonyl (C=O) groups is 1. The topological polar surface area (TPSA) is 93.2 Å². The number of amides is 1. The van der Waals surface area contributed by atoms with Crippen LogP contribution in [0.1, 0.15) is 52.4 Å². The molecule has 0 unspecified atom stereocenters. The van der Waals surface area contributed by atoms with Crippen molar-refractivity contribution in [2.24, 2.45) is 0 Å². The lowest BCUT2D eigenvalue weighted by Crippen LogP contribution is -2.43. The average molecular weight is 456 g/mol. The molecule has 8 nitrogen and oxygen atoms in total. The van der Waals surface area contributed by atoms with E-state index in [9.17, 15) is 4.79 Å². The molecule has 0 bridgehead atoms. The van der Waals surface area contributed by atoms with E-state index in [1.807, 2.05) is 27.7 Å². The van der Waals surface area contributed by atoms with Gasteiger partial charge in [0.05, 0.1) is 13.2 Å². The molecule has 0 aliphatic rings. The number of hydrogen-bond donors (Lipinski definition) is 3. The highest BCUT2D eigenvalue weighted by Crippen LogP contribution is 2.34. The molecule has 2 rings (SSSR count). The molecular weight excluding hydrogens is 426 g/mol. The van der Waals surface area contributed by atoms with Gasteiger partial charge in [0.2, 0.25) is 4.77 Å². The Hall–Kier alpha value is -2.26. The number of nitrogens with one attached hydrogen (secondary N) is 3. The standard InChI is InChI=1S/C20H30ClN5O3S/c1-6-8-17-24-25-19(30)26(17)22-11-13-9-15(28-7-2)16(10-14(13)21)29-12-18(27)23-20(3,4)5/h9-10,22H,6-8,11-12H2,1-5H3,(H,23,27)(H,25,30). The molecule has 0 saturated carbocycles. The average Bonchev–Trinajstić information content (AvgIpc) is 2.99. The first-order valence-electron chi connectivity index (χ1n) is 9.93. The molecule has 0 radical (unpaired) electrons. The number of hydrogen-bond acceptors (Lipinski definition) is 6. The van der Waals surface area contributed by atoms with E-state index < -0.39 is 0 Å². The minimum absolute atomic E-state index is 0.129. The Bertz CT molecular complexity index is 920. The number of aromatic nitrogens is 3. The first kappa shape index (κ1) is 24.0. The largest absolute Gasteiger partial charge is 0.490 e. The van der Waals surface area contributed by atoms with Crippen LogP contribution in [0.5, 0.6) is 11.5 Å². The fourth-order valence-electron chi connectivity index (χ4n) is 2.74. The second-order valence-corrected chi connectivity index (χ2v) is 8.57. The van der Waals surface area contributed by atoms with Crippen molar-refractivity contribution < 1.29 is 14.3 Å². The zero-order valence-corrected chi connectivity index (χ0v) is 19.7. The van der Waals surface area contributed by atoms with Crippen LogP contribution in [0.2, 0.25) is 5.02 Å². The third kappa shape index (κ3) is 6.91. The molecule has 0 aliphatic carbocycles. The van der Waals surface area contributed by atoms with Gasteiger partial charge in [-0.3, -0.25) is 9.89 Å².